The number of carbonyl (C=O) groups is 4. The van der Waals surface area contributed by atoms with Crippen molar-refractivity contribution in [3.05, 3.63) is 29.8 Å². The van der Waals surface area contributed by atoms with Gasteiger partial charge in [-0.1, -0.05) is 32.4 Å². The Morgan fingerprint density at radius 3 is 2.57 bits per heavy atom. The third-order valence-corrected chi connectivity index (χ3v) is 4.81. The maximum Gasteiger partial charge on any atom is 0.340 e. The molecule has 0 unspecified atom stereocenters. The standard InChI is InChI=1S/C20H26N2O6/c1-4-13(2)18(20(26)27-3)21-16(23)12-28-19(25)14-8-5-6-9-15(14)22-11-7-10-17(22)24/h5-6,8-9,13,18H,4,7,10-12H2,1-3H3,(H,21,23)/t13-,18+/m1/s1. The molecule has 8 nitrogen and oxygen atoms in total. The van der Waals surface area contributed by atoms with Crippen LogP contribution in [0.4, 0.5) is 5.69 Å². The maximum absolute atomic E-state index is 12.5. The topological polar surface area (TPSA) is 102 Å². The van der Waals surface area contributed by atoms with Gasteiger partial charge in [-0.3, -0.25) is 9.59 Å². The number of benzene rings is 1. The zero-order valence-corrected chi connectivity index (χ0v) is 16.4. The fraction of sp³-hybridized carbons (Fsp3) is 0.500. The first-order valence-electron chi connectivity index (χ1n) is 9.32. The molecule has 28 heavy (non-hydrogen) atoms. The average Bonchev–Trinajstić information content (AvgIpc) is 3.14. The molecule has 1 heterocycles. The summed E-state index contributed by atoms with van der Waals surface area (Å²) in [5.41, 5.74) is 0.694. The second-order valence-corrected chi connectivity index (χ2v) is 6.70. The highest BCUT2D eigenvalue weighted by Gasteiger charge is 2.28. The summed E-state index contributed by atoms with van der Waals surface area (Å²) in [6, 6.07) is 5.82. The Morgan fingerprint density at radius 2 is 1.96 bits per heavy atom. The average molecular weight is 390 g/mol. The van der Waals surface area contributed by atoms with Gasteiger partial charge >= 0.3 is 11.9 Å². The fourth-order valence-electron chi connectivity index (χ4n) is 3.00. The molecule has 2 rings (SSSR count). The smallest absolute Gasteiger partial charge is 0.340 e. The molecule has 1 aliphatic rings. The molecule has 1 aromatic carbocycles. The molecule has 0 saturated carbocycles. The zero-order valence-electron chi connectivity index (χ0n) is 16.4. The lowest BCUT2D eigenvalue weighted by molar-refractivity contribution is -0.147. The Hall–Kier alpha value is -2.90. The van der Waals surface area contributed by atoms with Crippen LogP contribution in [0.3, 0.4) is 0 Å². The lowest BCUT2D eigenvalue weighted by Gasteiger charge is -2.22. The number of amides is 2. The van der Waals surface area contributed by atoms with Crippen LogP contribution in [0.5, 0.6) is 0 Å². The van der Waals surface area contributed by atoms with E-state index < -0.39 is 30.5 Å². The number of anilines is 1. The van der Waals surface area contributed by atoms with Crippen LogP contribution in [-0.4, -0.2) is 50.1 Å². The van der Waals surface area contributed by atoms with E-state index in [1.807, 2.05) is 13.8 Å². The molecule has 1 aromatic rings. The normalized spacial score (nSPS) is 15.7. The first-order chi connectivity index (χ1) is 13.4. The van der Waals surface area contributed by atoms with Crippen LogP contribution < -0.4 is 10.2 Å². The summed E-state index contributed by atoms with van der Waals surface area (Å²) in [6.45, 7) is 3.71. The minimum Gasteiger partial charge on any atom is -0.467 e. The number of hydrogen-bond donors (Lipinski definition) is 1. The van der Waals surface area contributed by atoms with Crippen LogP contribution in [0.2, 0.25) is 0 Å². The van der Waals surface area contributed by atoms with Crippen molar-refractivity contribution in [3.8, 4) is 0 Å². The molecule has 0 spiro atoms. The molecule has 0 radical (unpaired) electrons. The molecule has 1 saturated heterocycles. The van der Waals surface area contributed by atoms with Gasteiger partial charge in [-0.15, -0.1) is 0 Å². The van der Waals surface area contributed by atoms with E-state index in [0.717, 1.165) is 6.42 Å². The Kier molecular flexibility index (Phi) is 7.54. The first kappa shape index (κ1) is 21.4. The monoisotopic (exact) mass is 390 g/mol. The third-order valence-electron chi connectivity index (χ3n) is 4.81. The summed E-state index contributed by atoms with van der Waals surface area (Å²) in [5, 5.41) is 2.55. The van der Waals surface area contributed by atoms with Crippen LogP contribution in [-0.2, 0) is 23.9 Å². The Balaban J connectivity index is 2.01. The van der Waals surface area contributed by atoms with Crippen LogP contribution in [0.1, 0.15) is 43.5 Å². The van der Waals surface area contributed by atoms with Crippen molar-refractivity contribution in [3.63, 3.8) is 0 Å². The molecule has 8 heteroatoms. The number of carbonyl (C=O) groups excluding carboxylic acids is 4. The lowest BCUT2D eigenvalue weighted by Crippen LogP contribution is -2.47. The lowest BCUT2D eigenvalue weighted by atomic mass is 9.99. The minimum atomic E-state index is -0.810. The highest BCUT2D eigenvalue weighted by Crippen LogP contribution is 2.25. The van der Waals surface area contributed by atoms with Crippen molar-refractivity contribution in [2.24, 2.45) is 5.92 Å². The molecule has 0 aliphatic carbocycles. The maximum atomic E-state index is 12.5. The molecule has 2 atom stereocenters. The van der Waals surface area contributed by atoms with Crippen LogP contribution in [0, 0.1) is 5.92 Å². The Bertz CT molecular complexity index is 748. The minimum absolute atomic E-state index is 0.0486. The largest absolute Gasteiger partial charge is 0.467 e. The van der Waals surface area contributed by atoms with Crippen molar-refractivity contribution >= 4 is 29.4 Å². The van der Waals surface area contributed by atoms with Gasteiger partial charge in [0.15, 0.2) is 6.61 Å². The van der Waals surface area contributed by atoms with Crippen LogP contribution >= 0.6 is 0 Å². The number of hydrogen-bond acceptors (Lipinski definition) is 6. The number of methoxy groups -OCH3 is 1. The van der Waals surface area contributed by atoms with E-state index in [1.54, 1.807) is 29.2 Å². The summed E-state index contributed by atoms with van der Waals surface area (Å²) < 4.78 is 9.83. The van der Waals surface area contributed by atoms with Crippen LogP contribution in [0.15, 0.2) is 24.3 Å². The van der Waals surface area contributed by atoms with Gasteiger partial charge in [0.25, 0.3) is 5.91 Å². The molecule has 2 amide bonds. The van der Waals surface area contributed by atoms with E-state index in [2.05, 4.69) is 5.32 Å². The molecule has 0 aromatic heterocycles. The summed E-state index contributed by atoms with van der Waals surface area (Å²) in [7, 11) is 1.25. The number of ether oxygens (including phenoxy) is 2. The second kappa shape index (κ2) is 9.87. The van der Waals surface area contributed by atoms with Gasteiger partial charge < -0.3 is 19.7 Å². The van der Waals surface area contributed by atoms with Crippen molar-refractivity contribution in [2.75, 3.05) is 25.2 Å². The number of nitrogens with one attached hydrogen (secondary N) is 1. The molecule has 1 fully saturated rings. The molecule has 1 N–H and O–H groups in total. The first-order valence-corrected chi connectivity index (χ1v) is 9.32. The molecular formula is C20H26N2O6. The summed E-state index contributed by atoms with van der Waals surface area (Å²) in [6.07, 6.45) is 1.84. The fourth-order valence-corrected chi connectivity index (χ4v) is 3.00. The van der Waals surface area contributed by atoms with Gasteiger partial charge in [0.05, 0.1) is 18.4 Å². The predicted molar refractivity (Wildman–Crippen MR) is 102 cm³/mol. The van der Waals surface area contributed by atoms with Crippen molar-refractivity contribution < 1.29 is 28.7 Å². The van der Waals surface area contributed by atoms with Crippen molar-refractivity contribution in [1.29, 1.82) is 0 Å². The highest BCUT2D eigenvalue weighted by atomic mass is 16.5. The Morgan fingerprint density at radius 1 is 1.25 bits per heavy atom. The molecule has 0 bridgehead atoms. The van der Waals surface area contributed by atoms with Crippen molar-refractivity contribution in [1.82, 2.24) is 5.32 Å². The van der Waals surface area contributed by atoms with E-state index in [-0.39, 0.29) is 17.4 Å². The van der Waals surface area contributed by atoms with E-state index in [4.69, 9.17) is 9.47 Å². The van der Waals surface area contributed by atoms with Crippen LogP contribution in [0.25, 0.3) is 0 Å². The van der Waals surface area contributed by atoms with E-state index in [0.29, 0.717) is 25.1 Å². The second-order valence-electron chi connectivity index (χ2n) is 6.70. The summed E-state index contributed by atoms with van der Waals surface area (Å²) in [5.74, 6) is -2.03. The number of rotatable bonds is 8. The van der Waals surface area contributed by atoms with E-state index in [9.17, 15) is 19.2 Å². The van der Waals surface area contributed by atoms with Gasteiger partial charge in [-0.05, 0) is 24.5 Å². The van der Waals surface area contributed by atoms with Gasteiger partial charge in [0, 0.05) is 13.0 Å². The van der Waals surface area contributed by atoms with Gasteiger partial charge in [-0.2, -0.15) is 0 Å². The summed E-state index contributed by atoms with van der Waals surface area (Å²) in [4.78, 5) is 50.0. The zero-order chi connectivity index (χ0) is 20.7. The summed E-state index contributed by atoms with van der Waals surface area (Å²) >= 11 is 0. The number of esters is 2. The Labute approximate surface area is 164 Å². The number of nitrogens with zero attached hydrogens (tertiary/aromatic N) is 1. The quantitative estimate of drug-likeness (QED) is 0.678. The third kappa shape index (κ3) is 5.09. The molecule has 152 valence electrons. The highest BCUT2D eigenvalue weighted by molar-refractivity contribution is 6.04. The van der Waals surface area contributed by atoms with Gasteiger partial charge in [-0.25, -0.2) is 9.59 Å². The predicted octanol–water partition coefficient (Wildman–Crippen LogP) is 1.67. The molecule has 1 aliphatic heterocycles. The number of para-hydroxylation sites is 1. The van der Waals surface area contributed by atoms with E-state index in [1.165, 1.54) is 7.11 Å². The van der Waals surface area contributed by atoms with Gasteiger partial charge in [0.2, 0.25) is 5.91 Å². The molecular weight excluding hydrogens is 364 g/mol. The SMILES string of the molecule is CC[C@@H](C)[C@H](NC(=O)COC(=O)c1ccccc1N1CCCC1=O)C(=O)OC. The van der Waals surface area contributed by atoms with Crippen molar-refractivity contribution in [2.45, 2.75) is 39.2 Å². The van der Waals surface area contributed by atoms with Gasteiger partial charge in [0.1, 0.15) is 6.04 Å². The van der Waals surface area contributed by atoms with E-state index >= 15 is 0 Å².